The average Bonchev–Trinajstić information content (AvgIpc) is 3.31. The molecule has 3 aromatic rings. The highest BCUT2D eigenvalue weighted by molar-refractivity contribution is 6.01. The minimum Gasteiger partial charge on any atom is -0.451 e. The van der Waals surface area contributed by atoms with Crippen molar-refractivity contribution < 1.29 is 13.9 Å². The van der Waals surface area contributed by atoms with Gasteiger partial charge in [-0.15, -0.1) is 0 Å². The molecule has 0 saturated carbocycles. The van der Waals surface area contributed by atoms with Gasteiger partial charge in [-0.25, -0.2) is 4.39 Å². The molecule has 7 nitrogen and oxygen atoms in total. The van der Waals surface area contributed by atoms with Crippen molar-refractivity contribution in [3.8, 4) is 17.2 Å². The Hall–Kier alpha value is -3.39. The van der Waals surface area contributed by atoms with E-state index in [0.717, 1.165) is 25.9 Å². The summed E-state index contributed by atoms with van der Waals surface area (Å²) in [4.78, 5) is 30.6. The molecule has 0 bridgehead atoms. The summed E-state index contributed by atoms with van der Waals surface area (Å²) in [6.07, 6.45) is 4.24. The Balaban J connectivity index is 1.54. The van der Waals surface area contributed by atoms with Crippen LogP contribution in [0.5, 0.6) is 11.5 Å². The number of carbonyl (C=O) groups excluding carboxylic acids is 1. The number of benzene rings is 2. The number of hydrogen-bond donors (Lipinski definition) is 1. The molecule has 8 heteroatoms. The lowest BCUT2D eigenvalue weighted by Gasteiger charge is -2.37. The molecule has 2 aromatic carbocycles. The third-order valence-electron chi connectivity index (χ3n) is 8.05. The summed E-state index contributed by atoms with van der Waals surface area (Å²) < 4.78 is 23.9. The maximum absolute atomic E-state index is 15.8. The van der Waals surface area contributed by atoms with Gasteiger partial charge in [0.2, 0.25) is 5.43 Å². The van der Waals surface area contributed by atoms with Gasteiger partial charge in [-0.3, -0.25) is 9.59 Å². The minimum absolute atomic E-state index is 0.0177. The van der Waals surface area contributed by atoms with Crippen LogP contribution in [0.4, 0.5) is 10.1 Å². The van der Waals surface area contributed by atoms with Crippen molar-refractivity contribution >= 4 is 22.5 Å². The Morgan fingerprint density at radius 2 is 1.89 bits per heavy atom. The molecule has 0 spiro atoms. The van der Waals surface area contributed by atoms with Crippen LogP contribution in [0.1, 0.15) is 43.5 Å². The van der Waals surface area contributed by atoms with E-state index in [9.17, 15) is 9.59 Å². The van der Waals surface area contributed by atoms with E-state index in [0.29, 0.717) is 59.7 Å². The number of para-hydroxylation sites is 2. The third kappa shape index (κ3) is 3.58. The van der Waals surface area contributed by atoms with E-state index >= 15 is 4.39 Å². The molecule has 1 atom stereocenters. The molecule has 188 valence electrons. The molecule has 3 aliphatic heterocycles. The fraction of sp³-hybridized carbons (Fsp3) is 0.429. The normalized spacial score (nSPS) is 19.6. The predicted octanol–water partition coefficient (Wildman–Crippen LogP) is 4.28. The number of likely N-dealkylation sites (tertiary alicyclic amines) is 1. The van der Waals surface area contributed by atoms with Crippen LogP contribution < -0.4 is 20.8 Å². The van der Waals surface area contributed by atoms with Gasteiger partial charge in [0, 0.05) is 38.4 Å². The van der Waals surface area contributed by atoms with Crippen LogP contribution in [0, 0.1) is 17.7 Å². The number of amides is 1. The molecule has 0 aliphatic carbocycles. The maximum atomic E-state index is 15.8. The molecule has 2 N–H and O–H groups in total. The molecule has 4 heterocycles. The Labute approximate surface area is 209 Å². The van der Waals surface area contributed by atoms with E-state index < -0.39 is 11.2 Å². The van der Waals surface area contributed by atoms with Gasteiger partial charge in [0.25, 0.3) is 5.91 Å². The van der Waals surface area contributed by atoms with Gasteiger partial charge in [0.15, 0.2) is 17.3 Å². The number of nitrogens with two attached hydrogens (primary N) is 1. The predicted molar refractivity (Wildman–Crippen MR) is 138 cm³/mol. The zero-order valence-corrected chi connectivity index (χ0v) is 20.7. The van der Waals surface area contributed by atoms with Crippen LogP contribution >= 0.6 is 0 Å². The van der Waals surface area contributed by atoms with Gasteiger partial charge in [0.1, 0.15) is 16.8 Å². The van der Waals surface area contributed by atoms with Crippen molar-refractivity contribution in [3.05, 3.63) is 58.1 Å². The van der Waals surface area contributed by atoms with Crippen LogP contribution in [0.25, 0.3) is 16.6 Å². The van der Waals surface area contributed by atoms with Crippen molar-refractivity contribution in [3.63, 3.8) is 0 Å². The Bertz CT molecular complexity index is 1420. The van der Waals surface area contributed by atoms with Crippen LogP contribution in [0.2, 0.25) is 0 Å². The largest absolute Gasteiger partial charge is 0.451 e. The molecule has 2 fully saturated rings. The van der Waals surface area contributed by atoms with Crippen LogP contribution in [-0.4, -0.2) is 47.6 Å². The standard InChI is InChI=1S/C28H31FN4O3/c1-16(2)17-7-10-31(11-8-17)25-21(29)13-19-24-27(25)36-23-6-4-3-5-22(23)33(24)15-20(26(19)34)28(35)32-12-9-18(30)14-32/h3-6,13,15-18H,7-12,14,30H2,1-2H3. The van der Waals surface area contributed by atoms with Gasteiger partial charge >= 0.3 is 0 Å². The summed E-state index contributed by atoms with van der Waals surface area (Å²) in [6, 6.07) is 8.61. The number of ether oxygens (including phenoxy) is 1. The third-order valence-corrected chi connectivity index (χ3v) is 8.05. The minimum atomic E-state index is -0.503. The number of hydrogen-bond acceptors (Lipinski definition) is 5. The summed E-state index contributed by atoms with van der Waals surface area (Å²) in [7, 11) is 0. The molecule has 1 unspecified atom stereocenters. The zero-order chi connectivity index (χ0) is 25.1. The molecule has 3 aliphatic rings. The van der Waals surface area contributed by atoms with Gasteiger partial charge in [-0.2, -0.15) is 0 Å². The first-order valence-electron chi connectivity index (χ1n) is 12.8. The fourth-order valence-electron chi connectivity index (χ4n) is 5.93. The topological polar surface area (TPSA) is 80.8 Å². The van der Waals surface area contributed by atoms with E-state index in [2.05, 4.69) is 13.8 Å². The number of halogens is 1. The summed E-state index contributed by atoms with van der Waals surface area (Å²) in [5.41, 5.74) is 7.12. The molecule has 1 amide bonds. The first-order chi connectivity index (χ1) is 17.3. The van der Waals surface area contributed by atoms with Crippen LogP contribution in [-0.2, 0) is 0 Å². The fourth-order valence-corrected chi connectivity index (χ4v) is 5.93. The zero-order valence-electron chi connectivity index (χ0n) is 20.7. The highest BCUT2D eigenvalue weighted by Crippen LogP contribution is 2.47. The first-order valence-corrected chi connectivity index (χ1v) is 12.8. The lowest BCUT2D eigenvalue weighted by atomic mass is 9.86. The van der Waals surface area contributed by atoms with Gasteiger partial charge in [-0.05, 0) is 49.3 Å². The van der Waals surface area contributed by atoms with E-state index in [-0.39, 0.29) is 22.9 Å². The Kier molecular flexibility index (Phi) is 5.52. The SMILES string of the molecule is CC(C)C1CCN(c2c(F)cc3c(=O)c(C(=O)N4CCC(N)C4)cn4c3c2Oc2ccccc2-4)CC1. The molecular formula is C28H31FN4O3. The number of carbonyl (C=O) groups is 1. The second kappa shape index (κ2) is 8.62. The van der Waals surface area contributed by atoms with E-state index in [1.54, 1.807) is 11.1 Å². The van der Waals surface area contributed by atoms with Gasteiger partial charge in [-0.1, -0.05) is 26.0 Å². The number of fused-ring (bicyclic) bond motifs is 2. The van der Waals surface area contributed by atoms with E-state index in [1.165, 1.54) is 6.07 Å². The van der Waals surface area contributed by atoms with Crippen molar-refractivity contribution in [1.29, 1.82) is 0 Å². The van der Waals surface area contributed by atoms with Crippen LogP contribution in [0.15, 0.2) is 41.3 Å². The van der Waals surface area contributed by atoms with Gasteiger partial charge < -0.3 is 24.8 Å². The number of anilines is 1. The number of nitrogens with zero attached hydrogens (tertiary/aromatic N) is 3. The first kappa shape index (κ1) is 23.0. The molecule has 0 radical (unpaired) electrons. The van der Waals surface area contributed by atoms with Crippen molar-refractivity contribution in [2.45, 2.75) is 39.2 Å². The average molecular weight is 491 g/mol. The molecular weight excluding hydrogens is 459 g/mol. The Morgan fingerprint density at radius 1 is 1.14 bits per heavy atom. The lowest BCUT2D eigenvalue weighted by molar-refractivity contribution is 0.0789. The number of rotatable bonds is 3. The number of piperidine rings is 1. The summed E-state index contributed by atoms with van der Waals surface area (Å²) >= 11 is 0. The van der Waals surface area contributed by atoms with E-state index in [1.807, 2.05) is 33.7 Å². The summed E-state index contributed by atoms with van der Waals surface area (Å²) in [5, 5.41) is 0.146. The second-order valence-electron chi connectivity index (χ2n) is 10.6. The smallest absolute Gasteiger partial charge is 0.259 e. The molecule has 1 aromatic heterocycles. The number of aromatic nitrogens is 1. The molecule has 36 heavy (non-hydrogen) atoms. The van der Waals surface area contributed by atoms with Crippen molar-refractivity contribution in [1.82, 2.24) is 9.47 Å². The van der Waals surface area contributed by atoms with Crippen molar-refractivity contribution in [2.75, 3.05) is 31.1 Å². The monoisotopic (exact) mass is 490 g/mol. The lowest BCUT2D eigenvalue weighted by Crippen LogP contribution is -2.37. The Morgan fingerprint density at radius 3 is 2.58 bits per heavy atom. The summed E-state index contributed by atoms with van der Waals surface area (Å²) in [5.74, 6) is 1.21. The maximum Gasteiger partial charge on any atom is 0.259 e. The highest BCUT2D eigenvalue weighted by atomic mass is 19.1. The van der Waals surface area contributed by atoms with Crippen molar-refractivity contribution in [2.24, 2.45) is 17.6 Å². The van der Waals surface area contributed by atoms with E-state index in [4.69, 9.17) is 10.5 Å². The highest BCUT2D eigenvalue weighted by Gasteiger charge is 2.33. The molecule has 2 saturated heterocycles. The quantitative estimate of drug-likeness (QED) is 0.464. The second-order valence-corrected chi connectivity index (χ2v) is 10.6. The molecule has 6 rings (SSSR count). The summed E-state index contributed by atoms with van der Waals surface area (Å²) in [6.45, 7) is 6.81. The van der Waals surface area contributed by atoms with Gasteiger partial charge in [0.05, 0.1) is 11.1 Å². The van der Waals surface area contributed by atoms with Crippen LogP contribution in [0.3, 0.4) is 0 Å². The number of pyridine rings is 1.